The fourth-order valence-electron chi connectivity index (χ4n) is 2.00. The normalized spacial score (nSPS) is 23.5. The maximum absolute atomic E-state index is 11.7. The van der Waals surface area contributed by atoms with Crippen molar-refractivity contribution in [3.63, 3.8) is 0 Å². The van der Waals surface area contributed by atoms with Crippen LogP contribution in [-0.4, -0.2) is 50.7 Å². The molecule has 15 heavy (non-hydrogen) atoms. The first-order valence-electron chi connectivity index (χ1n) is 5.65. The lowest BCUT2D eigenvalue weighted by molar-refractivity contribution is -0.128. The Bertz CT molecular complexity index is 209. The van der Waals surface area contributed by atoms with Crippen LogP contribution >= 0.6 is 0 Å². The van der Waals surface area contributed by atoms with E-state index in [9.17, 15) is 4.79 Å². The summed E-state index contributed by atoms with van der Waals surface area (Å²) >= 11 is 0. The summed E-state index contributed by atoms with van der Waals surface area (Å²) in [6.07, 6.45) is 1.82. The number of ether oxygens (including phenoxy) is 1. The zero-order chi connectivity index (χ0) is 11.3. The molecule has 1 aliphatic heterocycles. The Balaban J connectivity index is 2.40. The van der Waals surface area contributed by atoms with E-state index in [0.29, 0.717) is 18.4 Å². The van der Waals surface area contributed by atoms with Crippen molar-refractivity contribution in [3.05, 3.63) is 0 Å². The molecule has 0 bridgehead atoms. The smallest absolute Gasteiger partial charge is 0.222 e. The number of likely N-dealkylation sites (tertiary alicyclic amines) is 1. The third-order valence-corrected chi connectivity index (χ3v) is 3.09. The highest BCUT2D eigenvalue weighted by Gasteiger charge is 2.29. The van der Waals surface area contributed by atoms with Crippen LogP contribution in [0.15, 0.2) is 0 Å². The van der Waals surface area contributed by atoms with Gasteiger partial charge < -0.3 is 15.0 Å². The van der Waals surface area contributed by atoms with Gasteiger partial charge >= 0.3 is 0 Å². The van der Waals surface area contributed by atoms with Crippen LogP contribution in [0.2, 0.25) is 0 Å². The number of carbonyl (C=O) groups excluding carboxylic acids is 1. The van der Waals surface area contributed by atoms with Gasteiger partial charge in [0.25, 0.3) is 0 Å². The van der Waals surface area contributed by atoms with Gasteiger partial charge in [0.2, 0.25) is 5.91 Å². The summed E-state index contributed by atoms with van der Waals surface area (Å²) in [5.74, 6) is 0.843. The highest BCUT2D eigenvalue weighted by atomic mass is 16.5. The van der Waals surface area contributed by atoms with Gasteiger partial charge in [0.15, 0.2) is 0 Å². The molecule has 4 nitrogen and oxygen atoms in total. The van der Waals surface area contributed by atoms with Gasteiger partial charge in [-0.25, -0.2) is 0 Å². The number of methoxy groups -OCH3 is 1. The summed E-state index contributed by atoms with van der Waals surface area (Å²) in [5, 5.41) is 3.16. The fraction of sp³-hybridized carbons (Fsp3) is 0.909. The van der Waals surface area contributed by atoms with Gasteiger partial charge in [-0.15, -0.1) is 0 Å². The molecular weight excluding hydrogens is 192 g/mol. The van der Waals surface area contributed by atoms with Crippen LogP contribution in [0, 0.1) is 5.92 Å². The Morgan fingerprint density at radius 3 is 2.87 bits per heavy atom. The van der Waals surface area contributed by atoms with Gasteiger partial charge in [-0.1, -0.05) is 13.3 Å². The summed E-state index contributed by atoms with van der Waals surface area (Å²) in [7, 11) is 3.59. The minimum Gasteiger partial charge on any atom is -0.383 e. The summed E-state index contributed by atoms with van der Waals surface area (Å²) < 4.78 is 5.09. The van der Waals surface area contributed by atoms with E-state index in [0.717, 1.165) is 25.9 Å². The molecule has 0 aromatic carbocycles. The zero-order valence-electron chi connectivity index (χ0n) is 9.95. The van der Waals surface area contributed by atoms with Crippen molar-refractivity contribution >= 4 is 5.91 Å². The average Bonchev–Trinajstić information content (AvgIpc) is 2.59. The van der Waals surface area contributed by atoms with Gasteiger partial charge in [0.1, 0.15) is 0 Å². The summed E-state index contributed by atoms with van der Waals surface area (Å²) in [6, 6.07) is 0.245. The second-order valence-corrected chi connectivity index (χ2v) is 4.22. The molecule has 1 heterocycles. The molecular formula is C11H22N2O2. The summed E-state index contributed by atoms with van der Waals surface area (Å²) in [6.45, 7) is 4.47. The van der Waals surface area contributed by atoms with Gasteiger partial charge in [0.05, 0.1) is 6.61 Å². The quantitative estimate of drug-likeness (QED) is 0.699. The molecule has 1 N–H and O–H groups in total. The van der Waals surface area contributed by atoms with Crippen LogP contribution in [0.4, 0.5) is 0 Å². The number of nitrogens with one attached hydrogen (secondary N) is 1. The molecule has 0 aromatic heterocycles. The monoisotopic (exact) mass is 214 g/mol. The first-order valence-corrected chi connectivity index (χ1v) is 5.65. The minimum absolute atomic E-state index is 0.245. The SMILES string of the molecule is CCC1CC(=O)N(CC(COC)NC)C1. The fourth-order valence-corrected chi connectivity index (χ4v) is 2.00. The second-order valence-electron chi connectivity index (χ2n) is 4.22. The molecule has 1 rings (SSSR count). The van der Waals surface area contributed by atoms with Crippen molar-refractivity contribution in [3.8, 4) is 0 Å². The third kappa shape index (κ3) is 3.47. The highest BCUT2D eigenvalue weighted by Crippen LogP contribution is 2.20. The van der Waals surface area contributed by atoms with Gasteiger partial charge in [-0.2, -0.15) is 0 Å². The van der Waals surface area contributed by atoms with Crippen molar-refractivity contribution in [2.45, 2.75) is 25.8 Å². The number of rotatable bonds is 6. The predicted molar refractivity (Wildman–Crippen MR) is 59.7 cm³/mol. The van der Waals surface area contributed by atoms with Crippen LogP contribution in [0.5, 0.6) is 0 Å². The van der Waals surface area contributed by atoms with Crippen molar-refractivity contribution in [1.29, 1.82) is 0 Å². The lowest BCUT2D eigenvalue weighted by Crippen LogP contribution is -2.42. The Labute approximate surface area is 92.0 Å². The van der Waals surface area contributed by atoms with E-state index in [1.807, 2.05) is 11.9 Å². The second kappa shape index (κ2) is 6.08. The summed E-state index contributed by atoms with van der Waals surface area (Å²) in [4.78, 5) is 13.6. The Morgan fingerprint density at radius 1 is 1.67 bits per heavy atom. The minimum atomic E-state index is 0.245. The number of likely N-dealkylation sites (N-methyl/N-ethyl adjacent to an activating group) is 1. The number of carbonyl (C=O) groups is 1. The van der Waals surface area contributed by atoms with Gasteiger partial charge in [-0.05, 0) is 13.0 Å². The molecule has 0 radical (unpaired) electrons. The third-order valence-electron chi connectivity index (χ3n) is 3.09. The number of hydrogen-bond acceptors (Lipinski definition) is 3. The first-order chi connectivity index (χ1) is 7.21. The molecule has 0 saturated carbocycles. The largest absolute Gasteiger partial charge is 0.383 e. The van der Waals surface area contributed by atoms with Crippen LogP contribution in [0.3, 0.4) is 0 Å². The Morgan fingerprint density at radius 2 is 2.40 bits per heavy atom. The lowest BCUT2D eigenvalue weighted by Gasteiger charge is -2.23. The van der Waals surface area contributed by atoms with E-state index in [4.69, 9.17) is 4.74 Å². The van der Waals surface area contributed by atoms with Gasteiger partial charge in [0, 0.05) is 32.7 Å². The van der Waals surface area contributed by atoms with Crippen LogP contribution in [-0.2, 0) is 9.53 Å². The molecule has 2 atom stereocenters. The molecule has 1 fully saturated rings. The molecule has 4 heteroatoms. The maximum atomic E-state index is 11.7. The topological polar surface area (TPSA) is 41.6 Å². The highest BCUT2D eigenvalue weighted by molar-refractivity contribution is 5.78. The Kier molecular flexibility index (Phi) is 5.05. The molecule has 0 spiro atoms. The van der Waals surface area contributed by atoms with Crippen molar-refractivity contribution in [2.24, 2.45) is 5.92 Å². The first kappa shape index (κ1) is 12.5. The average molecular weight is 214 g/mol. The van der Waals surface area contributed by atoms with E-state index in [2.05, 4.69) is 12.2 Å². The number of hydrogen-bond donors (Lipinski definition) is 1. The Hall–Kier alpha value is -0.610. The summed E-state index contributed by atoms with van der Waals surface area (Å²) in [5.41, 5.74) is 0. The van der Waals surface area contributed by atoms with Crippen LogP contribution in [0.1, 0.15) is 19.8 Å². The predicted octanol–water partition coefficient (Wildman–Crippen LogP) is 0.479. The maximum Gasteiger partial charge on any atom is 0.222 e. The molecule has 1 amide bonds. The van der Waals surface area contributed by atoms with Gasteiger partial charge in [-0.3, -0.25) is 4.79 Å². The number of amides is 1. The van der Waals surface area contributed by atoms with E-state index in [1.165, 1.54) is 0 Å². The standard InChI is InChI=1S/C11H22N2O2/c1-4-9-5-11(14)13(6-9)7-10(12-2)8-15-3/h9-10,12H,4-8H2,1-3H3. The molecule has 0 aromatic rings. The van der Waals surface area contributed by atoms with E-state index >= 15 is 0 Å². The molecule has 2 unspecified atom stereocenters. The molecule has 1 saturated heterocycles. The van der Waals surface area contributed by atoms with Crippen LogP contribution in [0.25, 0.3) is 0 Å². The molecule has 0 aliphatic carbocycles. The molecule has 88 valence electrons. The van der Waals surface area contributed by atoms with E-state index in [-0.39, 0.29) is 6.04 Å². The van der Waals surface area contributed by atoms with Crippen molar-refractivity contribution < 1.29 is 9.53 Å². The van der Waals surface area contributed by atoms with Crippen molar-refractivity contribution in [1.82, 2.24) is 10.2 Å². The zero-order valence-corrected chi connectivity index (χ0v) is 9.95. The van der Waals surface area contributed by atoms with E-state index < -0.39 is 0 Å². The lowest BCUT2D eigenvalue weighted by atomic mass is 10.1. The van der Waals surface area contributed by atoms with E-state index in [1.54, 1.807) is 7.11 Å². The van der Waals surface area contributed by atoms with Crippen molar-refractivity contribution in [2.75, 3.05) is 33.9 Å². The number of nitrogens with zero attached hydrogens (tertiary/aromatic N) is 1. The molecule has 1 aliphatic rings. The van der Waals surface area contributed by atoms with Crippen LogP contribution < -0.4 is 5.32 Å².